The third-order valence-corrected chi connectivity index (χ3v) is 11.5. The Labute approximate surface area is 326 Å². The van der Waals surface area contributed by atoms with Gasteiger partial charge in [0.2, 0.25) is 5.95 Å². The lowest BCUT2D eigenvalue weighted by Crippen LogP contribution is -2.54. The normalized spacial score (nSPS) is 28.9. The van der Waals surface area contributed by atoms with Crippen LogP contribution >= 0.6 is 0 Å². The number of aromatic nitrogens is 3. The number of allylic oxidation sites excluding steroid dienone is 1. The van der Waals surface area contributed by atoms with Gasteiger partial charge in [0.25, 0.3) is 0 Å². The van der Waals surface area contributed by atoms with Crippen molar-refractivity contribution < 1.29 is 15.7 Å². The standard InChI is InChI=1S/C22H28N6O3.C11H18N2.C7H15N.C2H6.H2/c1-13-11-30-20(29)27(13)16-7-6-8-17(25-16)28-15-9-21(2,3)31-12-22(15,4)14-10-24-19(23-5)26-18(14)28;1-13-8-6-10(9-13)11-5-3-2-4-7-12-11;1-7-4-3-5-8(2)6-7;1-2;/h6-8,10,13,15H,9,11-12H2,1-5H3,(H,23,24,26);4,7,10H,2-3,5-6,8-9H2,1H3;7H,3-6H2,1-2H3;1-2H3;1H/t13-,15+,22+;10-;;;/m01.../s1. The summed E-state index contributed by atoms with van der Waals surface area (Å²) in [4.78, 5) is 39.6. The maximum atomic E-state index is 12.3. The number of rotatable bonds is 4. The smallest absolute Gasteiger partial charge is 0.415 e. The van der Waals surface area contributed by atoms with Gasteiger partial charge in [0.15, 0.2) is 0 Å². The molecule has 0 bridgehead atoms. The van der Waals surface area contributed by atoms with Gasteiger partial charge in [-0.25, -0.2) is 14.8 Å². The van der Waals surface area contributed by atoms with Gasteiger partial charge < -0.3 is 29.5 Å². The number of piperidine rings is 1. The van der Waals surface area contributed by atoms with Crippen LogP contribution in [0.1, 0.15) is 100 Å². The summed E-state index contributed by atoms with van der Waals surface area (Å²) in [6, 6.07) is 5.77. The van der Waals surface area contributed by atoms with Crippen molar-refractivity contribution in [1.29, 1.82) is 0 Å². The van der Waals surface area contributed by atoms with E-state index >= 15 is 0 Å². The van der Waals surface area contributed by atoms with Crippen molar-refractivity contribution in [2.24, 2.45) is 16.8 Å². The molecule has 2 aromatic heterocycles. The minimum absolute atomic E-state index is 0. The summed E-state index contributed by atoms with van der Waals surface area (Å²) < 4.78 is 11.4. The lowest BCUT2D eigenvalue weighted by molar-refractivity contribution is -0.0893. The zero-order valence-corrected chi connectivity index (χ0v) is 34.8. The number of amides is 1. The number of nitrogens with zero attached hydrogens (tertiary/aromatic N) is 8. The van der Waals surface area contributed by atoms with E-state index < -0.39 is 0 Å². The van der Waals surface area contributed by atoms with E-state index in [4.69, 9.17) is 19.4 Å². The summed E-state index contributed by atoms with van der Waals surface area (Å²) in [7, 11) is 6.21. The van der Waals surface area contributed by atoms with Crippen LogP contribution < -0.4 is 15.1 Å². The fourth-order valence-electron chi connectivity index (χ4n) is 8.47. The topological polar surface area (TPSA) is 112 Å². The van der Waals surface area contributed by atoms with Crippen LogP contribution in [0.5, 0.6) is 0 Å². The first-order valence-electron chi connectivity index (χ1n) is 20.4. The van der Waals surface area contributed by atoms with E-state index in [2.05, 4.69) is 77.9 Å². The predicted molar refractivity (Wildman–Crippen MR) is 222 cm³/mol. The minimum atomic E-state index is -0.365. The van der Waals surface area contributed by atoms with Crippen molar-refractivity contribution in [2.45, 2.75) is 117 Å². The average Bonchev–Trinajstić information content (AvgIpc) is 3.72. The van der Waals surface area contributed by atoms with Gasteiger partial charge >= 0.3 is 6.09 Å². The first-order valence-corrected chi connectivity index (χ1v) is 20.4. The molecule has 5 atom stereocenters. The monoisotopic (exact) mass is 748 g/mol. The van der Waals surface area contributed by atoms with Gasteiger partial charge in [0.05, 0.1) is 24.3 Å². The number of carbonyl (C=O) groups is 1. The zero-order valence-electron chi connectivity index (χ0n) is 34.8. The lowest BCUT2D eigenvalue weighted by atomic mass is 9.73. The third-order valence-electron chi connectivity index (χ3n) is 11.5. The molecule has 6 aliphatic rings. The van der Waals surface area contributed by atoms with E-state index in [1.165, 1.54) is 70.4 Å². The Hall–Kier alpha value is -3.61. The van der Waals surface area contributed by atoms with Gasteiger partial charge in [-0.3, -0.25) is 9.89 Å². The molecule has 54 heavy (non-hydrogen) atoms. The van der Waals surface area contributed by atoms with Crippen LogP contribution in [0.2, 0.25) is 0 Å². The molecule has 1 unspecified atom stereocenters. The van der Waals surface area contributed by atoms with Crippen LogP contribution in [-0.4, -0.2) is 115 Å². The van der Waals surface area contributed by atoms with Gasteiger partial charge in [-0.2, -0.15) is 4.98 Å². The van der Waals surface area contributed by atoms with Gasteiger partial charge in [0.1, 0.15) is 24.1 Å². The molecule has 4 saturated heterocycles. The number of nitrogens with one attached hydrogen (secondary N) is 1. The molecule has 0 radical (unpaired) electrons. The molecule has 6 aliphatic heterocycles. The fourth-order valence-corrected chi connectivity index (χ4v) is 8.47. The molecule has 0 aromatic carbocycles. The number of anilines is 4. The average molecular weight is 748 g/mol. The highest BCUT2D eigenvalue weighted by Gasteiger charge is 2.55. The summed E-state index contributed by atoms with van der Waals surface area (Å²) in [6.07, 6.45) is 14.4. The molecule has 12 nitrogen and oxygen atoms in total. The van der Waals surface area contributed by atoms with Crippen LogP contribution in [0, 0.1) is 11.8 Å². The number of cyclic esters (lactones) is 1. The van der Waals surface area contributed by atoms with E-state index in [0.29, 0.717) is 25.0 Å². The van der Waals surface area contributed by atoms with Crippen molar-refractivity contribution in [1.82, 2.24) is 24.8 Å². The molecule has 8 heterocycles. The van der Waals surface area contributed by atoms with Gasteiger partial charge in [-0.15, -0.1) is 0 Å². The Morgan fingerprint density at radius 1 is 0.963 bits per heavy atom. The minimum Gasteiger partial charge on any atom is -0.447 e. The van der Waals surface area contributed by atoms with Crippen molar-refractivity contribution in [3.05, 3.63) is 42.2 Å². The Kier molecular flexibility index (Phi) is 14.1. The van der Waals surface area contributed by atoms with E-state index in [9.17, 15) is 4.79 Å². The van der Waals surface area contributed by atoms with E-state index in [0.717, 1.165) is 35.5 Å². The second-order valence-corrected chi connectivity index (χ2v) is 16.5. The fraction of sp³-hybridized carbons (Fsp3) is 0.690. The SMILES string of the molecule is CC.CC1CCCN(C)C1.CN1CC[C@@H](C2=NC=CCCC2)C1.CNc1ncc2c(n1)N(c1cccc(N3C(=O)OC[C@@H]3C)n1)[C@@H]1CC(C)(C)OC[C@]21C.[HH]. The van der Waals surface area contributed by atoms with Crippen LogP contribution in [-0.2, 0) is 14.9 Å². The van der Waals surface area contributed by atoms with Crippen LogP contribution in [0.25, 0.3) is 0 Å². The number of hydrogen-bond acceptors (Lipinski definition) is 11. The molecular weight excluding hydrogens is 679 g/mol. The maximum absolute atomic E-state index is 12.3. The van der Waals surface area contributed by atoms with Crippen molar-refractivity contribution in [3.8, 4) is 0 Å². The number of pyridine rings is 1. The van der Waals surface area contributed by atoms with Crippen molar-refractivity contribution >= 4 is 35.2 Å². The summed E-state index contributed by atoms with van der Waals surface area (Å²) in [5, 5.41) is 3.04. The first-order chi connectivity index (χ1) is 25.9. The molecule has 0 aliphatic carbocycles. The molecule has 4 fully saturated rings. The molecule has 300 valence electrons. The summed E-state index contributed by atoms with van der Waals surface area (Å²) in [6.45, 7) is 20.7. The number of aliphatic imine (C=N–C) groups is 1. The molecule has 2 aromatic rings. The van der Waals surface area contributed by atoms with Gasteiger partial charge in [0, 0.05) is 56.6 Å². The first kappa shape index (κ1) is 41.6. The van der Waals surface area contributed by atoms with Gasteiger partial charge in [-0.1, -0.05) is 39.8 Å². The van der Waals surface area contributed by atoms with Crippen LogP contribution in [0.4, 0.5) is 28.2 Å². The summed E-state index contributed by atoms with van der Waals surface area (Å²) in [5.74, 6) is 4.39. The van der Waals surface area contributed by atoms with E-state index in [-0.39, 0.29) is 30.6 Å². The number of ether oxygens (including phenoxy) is 2. The largest absolute Gasteiger partial charge is 0.447 e. The van der Waals surface area contributed by atoms with Crippen LogP contribution in [0.3, 0.4) is 0 Å². The Bertz CT molecular complexity index is 1610. The molecule has 0 saturated carbocycles. The summed E-state index contributed by atoms with van der Waals surface area (Å²) in [5.41, 5.74) is 1.95. The second kappa shape index (κ2) is 18.3. The Morgan fingerprint density at radius 2 is 1.70 bits per heavy atom. The van der Waals surface area contributed by atoms with E-state index in [1.807, 2.05) is 51.4 Å². The lowest BCUT2D eigenvalue weighted by Gasteiger charge is -2.46. The quantitative estimate of drug-likeness (QED) is 0.331. The third kappa shape index (κ3) is 9.60. The maximum Gasteiger partial charge on any atom is 0.415 e. The molecule has 12 heteroatoms. The predicted octanol–water partition coefficient (Wildman–Crippen LogP) is 7.93. The van der Waals surface area contributed by atoms with Gasteiger partial charge in [-0.05, 0) is 111 Å². The Balaban J connectivity index is 0.000000230. The molecule has 8 rings (SSSR count). The highest BCUT2D eigenvalue weighted by atomic mass is 16.6. The number of fused-ring (bicyclic) bond motifs is 3. The number of carbonyl (C=O) groups excluding carboxylic acids is 1. The summed E-state index contributed by atoms with van der Waals surface area (Å²) >= 11 is 0. The molecule has 0 spiro atoms. The highest BCUT2D eigenvalue weighted by molar-refractivity contribution is 5.89. The van der Waals surface area contributed by atoms with E-state index in [1.54, 1.807) is 11.9 Å². The van der Waals surface area contributed by atoms with Crippen molar-refractivity contribution in [3.63, 3.8) is 0 Å². The number of likely N-dealkylation sites (tertiary alicyclic amines) is 2. The number of hydrogen-bond donors (Lipinski definition) is 1. The highest BCUT2D eigenvalue weighted by Crippen LogP contribution is 2.53. The molecular formula is C42H69N9O3. The van der Waals surface area contributed by atoms with Crippen LogP contribution in [0.15, 0.2) is 41.7 Å². The zero-order chi connectivity index (χ0) is 39.0. The van der Waals surface area contributed by atoms with Crippen molar-refractivity contribution in [2.75, 3.05) is 75.7 Å². The Morgan fingerprint density at radius 3 is 2.33 bits per heavy atom. The molecule has 1 amide bonds. The second-order valence-electron chi connectivity index (χ2n) is 16.5. The molecule has 1 N–H and O–H groups in total.